The van der Waals surface area contributed by atoms with Crippen LogP contribution in [-0.4, -0.2) is 41.7 Å². The van der Waals surface area contributed by atoms with E-state index in [-0.39, 0.29) is 43.0 Å². The van der Waals surface area contributed by atoms with Crippen molar-refractivity contribution in [1.82, 2.24) is 0 Å². The molecule has 4 aliphatic rings. The summed E-state index contributed by atoms with van der Waals surface area (Å²) in [4.78, 5) is 56.5. The molecule has 1 aliphatic heterocycles. The van der Waals surface area contributed by atoms with Crippen molar-refractivity contribution in [3.8, 4) is 5.75 Å². The van der Waals surface area contributed by atoms with E-state index in [1.54, 1.807) is 25.1 Å². The number of para-hydroxylation sites is 2. The number of carbonyl (C=O) groups excluding carboxylic acids is 4. The molecule has 7 rings (SSSR count). The Hall–Kier alpha value is -5.08. The maximum absolute atomic E-state index is 14.2. The second-order valence-corrected chi connectivity index (χ2v) is 11.9. The largest absolute Gasteiger partial charge is 0.491 e. The van der Waals surface area contributed by atoms with Crippen LogP contribution in [0.5, 0.6) is 5.75 Å². The third-order valence-corrected chi connectivity index (χ3v) is 9.33. The smallest absolute Gasteiger partial charge is 0.238 e. The van der Waals surface area contributed by atoms with Crippen molar-refractivity contribution in [1.29, 1.82) is 0 Å². The normalized spacial score (nSPS) is 24.1. The Labute approximate surface area is 260 Å². The molecule has 8 nitrogen and oxygen atoms in total. The fourth-order valence-electron chi connectivity index (χ4n) is 7.38. The van der Waals surface area contributed by atoms with Crippen molar-refractivity contribution in [3.05, 3.63) is 119 Å². The summed E-state index contributed by atoms with van der Waals surface area (Å²) in [6.45, 7) is 1.52. The summed E-state index contributed by atoms with van der Waals surface area (Å²) < 4.78 is 5.88. The first-order valence-corrected chi connectivity index (χ1v) is 15.2. The van der Waals surface area contributed by atoms with Crippen molar-refractivity contribution in [2.24, 2.45) is 17.8 Å². The molecule has 0 aromatic heterocycles. The number of amides is 2. The number of fused-ring (bicyclic) bond motifs is 3. The van der Waals surface area contributed by atoms with Crippen molar-refractivity contribution >= 4 is 40.4 Å². The van der Waals surface area contributed by atoms with Crippen LogP contribution in [0.3, 0.4) is 0 Å². The number of benzene rings is 3. The molecule has 1 saturated heterocycles. The second kappa shape index (κ2) is 11.4. The molecule has 3 aromatic carbocycles. The molecule has 3 aromatic rings. The number of aliphatic hydroxyl groups is 1. The van der Waals surface area contributed by atoms with Gasteiger partial charge in [-0.25, -0.2) is 0 Å². The van der Waals surface area contributed by atoms with Gasteiger partial charge in [0, 0.05) is 39.6 Å². The molecular formula is C37H32N2O6. The summed E-state index contributed by atoms with van der Waals surface area (Å²) in [6.07, 6.45) is 3.94. The van der Waals surface area contributed by atoms with Crippen LogP contribution in [0.1, 0.15) is 31.2 Å². The molecule has 8 heteroatoms. The highest BCUT2D eigenvalue weighted by Crippen LogP contribution is 2.56. The van der Waals surface area contributed by atoms with Crippen LogP contribution in [0.15, 0.2) is 113 Å². The fourth-order valence-corrected chi connectivity index (χ4v) is 7.38. The number of ether oxygens (including phenoxy) is 1. The first-order valence-electron chi connectivity index (χ1n) is 15.2. The maximum Gasteiger partial charge on any atom is 0.238 e. The summed E-state index contributed by atoms with van der Waals surface area (Å²) >= 11 is 0. The average molecular weight is 601 g/mol. The maximum atomic E-state index is 14.2. The zero-order chi connectivity index (χ0) is 31.2. The number of rotatable bonds is 7. The molecule has 0 radical (unpaired) electrons. The van der Waals surface area contributed by atoms with Crippen LogP contribution in [0.2, 0.25) is 0 Å². The highest BCUT2D eigenvalue weighted by atomic mass is 16.5. The minimum absolute atomic E-state index is 0.0658. The van der Waals surface area contributed by atoms with E-state index >= 15 is 0 Å². The number of hydrogen-bond donors (Lipinski definition) is 2. The highest BCUT2D eigenvalue weighted by Gasteiger charge is 2.56. The Bertz CT molecular complexity index is 1820. The number of Topliss-reactive ketones (excluding diaryl/α,β-unsaturated/α-hetero) is 1. The predicted octanol–water partition coefficient (Wildman–Crippen LogP) is 5.44. The van der Waals surface area contributed by atoms with E-state index in [9.17, 15) is 24.3 Å². The lowest BCUT2D eigenvalue weighted by atomic mass is 9.59. The van der Waals surface area contributed by atoms with Crippen molar-refractivity contribution in [2.45, 2.75) is 25.7 Å². The van der Waals surface area contributed by atoms with Gasteiger partial charge < -0.3 is 15.2 Å². The molecule has 0 spiro atoms. The number of hydrogen-bond acceptors (Lipinski definition) is 7. The summed E-state index contributed by atoms with van der Waals surface area (Å²) in [5.41, 5.74) is 4.96. The summed E-state index contributed by atoms with van der Waals surface area (Å²) in [5.74, 6) is -2.78. The molecule has 4 atom stereocenters. The van der Waals surface area contributed by atoms with E-state index in [0.29, 0.717) is 40.1 Å². The van der Waals surface area contributed by atoms with Crippen LogP contribution in [0.4, 0.5) is 17.1 Å². The lowest BCUT2D eigenvalue weighted by Crippen LogP contribution is -2.40. The zero-order valence-corrected chi connectivity index (χ0v) is 24.7. The molecule has 1 fully saturated rings. The average Bonchev–Trinajstić information content (AvgIpc) is 3.32. The quantitative estimate of drug-likeness (QED) is 0.211. The first kappa shape index (κ1) is 28.7. The molecule has 45 heavy (non-hydrogen) atoms. The molecule has 4 unspecified atom stereocenters. The van der Waals surface area contributed by atoms with Crippen LogP contribution in [-0.2, 0) is 19.2 Å². The number of carbonyl (C=O) groups is 4. The van der Waals surface area contributed by atoms with Crippen molar-refractivity contribution in [2.75, 3.05) is 23.4 Å². The number of nitrogens with zero attached hydrogens (tertiary/aromatic N) is 1. The molecule has 1 heterocycles. The Kier molecular flexibility index (Phi) is 7.30. The molecule has 2 amide bonds. The topological polar surface area (TPSA) is 113 Å². The van der Waals surface area contributed by atoms with Gasteiger partial charge in [0.25, 0.3) is 0 Å². The number of allylic oxidation sites excluding steroid dienone is 6. The van der Waals surface area contributed by atoms with Gasteiger partial charge in [0.15, 0.2) is 11.6 Å². The predicted molar refractivity (Wildman–Crippen MR) is 169 cm³/mol. The minimum atomic E-state index is -0.671. The van der Waals surface area contributed by atoms with Crippen LogP contribution in [0.25, 0.3) is 0 Å². The van der Waals surface area contributed by atoms with Crippen LogP contribution in [0, 0.1) is 17.8 Å². The van der Waals surface area contributed by atoms with E-state index in [0.717, 1.165) is 16.9 Å². The Morgan fingerprint density at radius 1 is 0.867 bits per heavy atom. The molecule has 0 saturated carbocycles. The van der Waals surface area contributed by atoms with Crippen LogP contribution < -0.4 is 15.0 Å². The van der Waals surface area contributed by atoms with Crippen LogP contribution >= 0.6 is 0 Å². The third-order valence-electron chi connectivity index (χ3n) is 9.33. The van der Waals surface area contributed by atoms with E-state index in [1.807, 2.05) is 66.7 Å². The van der Waals surface area contributed by atoms with Gasteiger partial charge in [-0.05, 0) is 74.2 Å². The summed E-state index contributed by atoms with van der Waals surface area (Å²) in [6, 6.07) is 24.2. The first-order chi connectivity index (χ1) is 21.9. The SMILES string of the molecule is CC1=CC(=O)C2=C(CC3C(=CCC4C(=O)N(c5ccc(Nc6ccccc6)cc5)C(=O)C43)C2c2ccccc2OCCO)C1=O. The molecule has 0 bridgehead atoms. The standard InChI is InChI=1S/C37H32N2O6/c1-21-19-30(41)34-29(35(21)42)20-28-25(32(34)26-9-5-6-10-31(26)45-18-17-40)15-16-27-33(28)37(44)39(36(27)43)24-13-11-23(12-14-24)38-22-7-3-2-4-8-22/h2-15,19,27-28,32-33,38,40H,16-18,20H2,1H3. The lowest BCUT2D eigenvalue weighted by molar-refractivity contribution is -0.123. The van der Waals surface area contributed by atoms with Gasteiger partial charge in [0.1, 0.15) is 12.4 Å². The molecule has 2 N–H and O–H groups in total. The number of imide groups is 1. The third kappa shape index (κ3) is 4.82. The molecular weight excluding hydrogens is 568 g/mol. The van der Waals surface area contributed by atoms with Gasteiger partial charge in [-0.2, -0.15) is 0 Å². The van der Waals surface area contributed by atoms with E-state index in [2.05, 4.69) is 5.32 Å². The molecule has 226 valence electrons. The number of anilines is 3. The van der Waals surface area contributed by atoms with Gasteiger partial charge in [-0.3, -0.25) is 24.1 Å². The number of aliphatic hydroxyl groups excluding tert-OH is 1. The van der Waals surface area contributed by atoms with Gasteiger partial charge in [0.2, 0.25) is 11.8 Å². The number of ketones is 2. The van der Waals surface area contributed by atoms with Crippen molar-refractivity contribution < 1.29 is 29.0 Å². The fraction of sp³-hybridized carbons (Fsp3) is 0.243. The van der Waals surface area contributed by atoms with Gasteiger partial charge >= 0.3 is 0 Å². The van der Waals surface area contributed by atoms with Gasteiger partial charge in [0.05, 0.1) is 24.1 Å². The van der Waals surface area contributed by atoms with E-state index < -0.39 is 23.7 Å². The highest BCUT2D eigenvalue weighted by molar-refractivity contribution is 6.25. The van der Waals surface area contributed by atoms with Crippen molar-refractivity contribution in [3.63, 3.8) is 0 Å². The zero-order valence-electron chi connectivity index (χ0n) is 24.7. The van der Waals surface area contributed by atoms with E-state index in [4.69, 9.17) is 4.74 Å². The van der Waals surface area contributed by atoms with E-state index in [1.165, 1.54) is 11.0 Å². The molecule has 3 aliphatic carbocycles. The van der Waals surface area contributed by atoms with Gasteiger partial charge in [-0.15, -0.1) is 0 Å². The summed E-state index contributed by atoms with van der Waals surface area (Å²) in [7, 11) is 0. The number of nitrogens with one attached hydrogen (secondary N) is 1. The monoisotopic (exact) mass is 600 g/mol. The minimum Gasteiger partial charge on any atom is -0.491 e. The lowest BCUT2D eigenvalue weighted by Gasteiger charge is -2.42. The Morgan fingerprint density at radius 3 is 2.33 bits per heavy atom. The summed E-state index contributed by atoms with van der Waals surface area (Å²) in [5, 5.41) is 12.8. The van der Waals surface area contributed by atoms with Gasteiger partial charge in [-0.1, -0.05) is 48.0 Å². The Balaban J connectivity index is 1.26. The Morgan fingerprint density at radius 2 is 1.58 bits per heavy atom. The second-order valence-electron chi connectivity index (χ2n) is 11.9.